The van der Waals surface area contributed by atoms with Crippen LogP contribution >= 0.6 is 0 Å². The summed E-state index contributed by atoms with van der Waals surface area (Å²) in [6.07, 6.45) is 1.05. The lowest BCUT2D eigenvalue weighted by atomic mass is 10.0. The number of nitrogens with two attached hydrogens (primary N) is 1. The molecule has 1 unspecified atom stereocenters. The van der Waals surface area contributed by atoms with E-state index >= 15 is 0 Å². The summed E-state index contributed by atoms with van der Waals surface area (Å²) in [5, 5.41) is 3.45. The van der Waals surface area contributed by atoms with Gasteiger partial charge in [-0.1, -0.05) is 43.3 Å². The molecule has 0 bridgehead atoms. The van der Waals surface area contributed by atoms with E-state index in [0.29, 0.717) is 6.54 Å². The number of hydrogen-bond acceptors (Lipinski definition) is 3. The van der Waals surface area contributed by atoms with E-state index in [-0.39, 0.29) is 6.04 Å². The summed E-state index contributed by atoms with van der Waals surface area (Å²) in [7, 11) is 1.67. The lowest BCUT2D eigenvalue weighted by Gasteiger charge is -2.20. The van der Waals surface area contributed by atoms with Crippen molar-refractivity contribution in [2.75, 3.05) is 19.0 Å². The standard InChI is InChI=1S/C17H22N2O/c1-3-13-8-10-14(11-9-13)16(12-18)19-15-6-4-5-7-17(15)20-2/h4-11,16,19H,3,12,18H2,1-2H3. The monoisotopic (exact) mass is 270 g/mol. The Bertz CT molecular complexity index is 537. The Kier molecular flexibility index (Phi) is 5.02. The fourth-order valence-electron chi connectivity index (χ4n) is 2.22. The lowest BCUT2D eigenvalue weighted by Crippen LogP contribution is -2.20. The molecule has 0 aromatic heterocycles. The van der Waals surface area contributed by atoms with Gasteiger partial charge in [0, 0.05) is 6.54 Å². The highest BCUT2D eigenvalue weighted by Crippen LogP contribution is 2.27. The SMILES string of the molecule is CCc1ccc(C(CN)Nc2ccccc2OC)cc1. The van der Waals surface area contributed by atoms with Gasteiger partial charge in [-0.2, -0.15) is 0 Å². The molecule has 20 heavy (non-hydrogen) atoms. The van der Waals surface area contributed by atoms with Gasteiger partial charge in [-0.05, 0) is 29.7 Å². The van der Waals surface area contributed by atoms with Gasteiger partial charge in [0.1, 0.15) is 5.75 Å². The third-order valence-electron chi connectivity index (χ3n) is 3.46. The summed E-state index contributed by atoms with van der Waals surface area (Å²) in [5.74, 6) is 0.830. The van der Waals surface area contributed by atoms with Crippen LogP contribution in [0.4, 0.5) is 5.69 Å². The zero-order chi connectivity index (χ0) is 14.4. The van der Waals surface area contributed by atoms with E-state index in [1.807, 2.05) is 24.3 Å². The van der Waals surface area contributed by atoms with E-state index in [1.54, 1.807) is 7.11 Å². The molecule has 0 aliphatic carbocycles. The molecule has 3 N–H and O–H groups in total. The number of rotatable bonds is 6. The molecule has 0 aliphatic heterocycles. The molecule has 0 aliphatic rings. The smallest absolute Gasteiger partial charge is 0.141 e. The number of ether oxygens (including phenoxy) is 1. The Morgan fingerprint density at radius 1 is 1.10 bits per heavy atom. The molecule has 0 spiro atoms. The normalized spacial score (nSPS) is 11.9. The molecule has 2 aromatic rings. The topological polar surface area (TPSA) is 47.3 Å². The first-order valence-corrected chi connectivity index (χ1v) is 6.97. The second-order valence-electron chi connectivity index (χ2n) is 4.73. The average molecular weight is 270 g/mol. The minimum absolute atomic E-state index is 0.0807. The average Bonchev–Trinajstić information content (AvgIpc) is 2.53. The molecule has 0 radical (unpaired) electrons. The number of hydrogen-bond donors (Lipinski definition) is 2. The Hall–Kier alpha value is -2.00. The van der Waals surface area contributed by atoms with Crippen molar-refractivity contribution < 1.29 is 4.74 Å². The highest BCUT2D eigenvalue weighted by molar-refractivity contribution is 5.57. The number of benzene rings is 2. The van der Waals surface area contributed by atoms with E-state index < -0.39 is 0 Å². The predicted octanol–water partition coefficient (Wildman–Crippen LogP) is 3.37. The van der Waals surface area contributed by atoms with Gasteiger partial charge in [0.2, 0.25) is 0 Å². The van der Waals surface area contributed by atoms with Crippen LogP contribution in [0.5, 0.6) is 5.75 Å². The van der Waals surface area contributed by atoms with Gasteiger partial charge < -0.3 is 15.8 Å². The first-order valence-electron chi connectivity index (χ1n) is 6.97. The second-order valence-corrected chi connectivity index (χ2v) is 4.73. The van der Waals surface area contributed by atoms with Crippen LogP contribution in [0.15, 0.2) is 48.5 Å². The number of methoxy groups -OCH3 is 1. The zero-order valence-electron chi connectivity index (χ0n) is 12.1. The van der Waals surface area contributed by atoms with Crippen LogP contribution in [0.3, 0.4) is 0 Å². The van der Waals surface area contributed by atoms with Crippen molar-refractivity contribution in [3.8, 4) is 5.75 Å². The van der Waals surface area contributed by atoms with Gasteiger partial charge in [0.25, 0.3) is 0 Å². The van der Waals surface area contributed by atoms with Crippen molar-refractivity contribution in [1.29, 1.82) is 0 Å². The molecule has 0 heterocycles. The molecular formula is C17H22N2O. The van der Waals surface area contributed by atoms with E-state index in [4.69, 9.17) is 10.5 Å². The van der Waals surface area contributed by atoms with Crippen molar-refractivity contribution in [2.24, 2.45) is 5.73 Å². The molecule has 106 valence electrons. The summed E-state index contributed by atoms with van der Waals surface area (Å²) in [4.78, 5) is 0. The quantitative estimate of drug-likeness (QED) is 0.846. The molecule has 3 nitrogen and oxygen atoms in total. The van der Waals surface area contributed by atoms with Crippen LogP contribution in [0.25, 0.3) is 0 Å². The second kappa shape index (κ2) is 6.96. The van der Waals surface area contributed by atoms with Gasteiger partial charge in [0.15, 0.2) is 0 Å². The Morgan fingerprint density at radius 3 is 2.40 bits per heavy atom. The Morgan fingerprint density at radius 2 is 1.80 bits per heavy atom. The van der Waals surface area contributed by atoms with Crippen LogP contribution in [0, 0.1) is 0 Å². The van der Waals surface area contributed by atoms with Gasteiger partial charge in [0.05, 0.1) is 18.8 Å². The van der Waals surface area contributed by atoms with Crippen LogP contribution in [-0.2, 0) is 6.42 Å². The maximum Gasteiger partial charge on any atom is 0.141 e. The van der Waals surface area contributed by atoms with E-state index in [9.17, 15) is 0 Å². The summed E-state index contributed by atoms with van der Waals surface area (Å²) in [6.45, 7) is 2.69. The van der Waals surface area contributed by atoms with Crippen molar-refractivity contribution in [1.82, 2.24) is 0 Å². The molecular weight excluding hydrogens is 248 g/mol. The molecule has 0 amide bonds. The fourth-order valence-corrected chi connectivity index (χ4v) is 2.22. The van der Waals surface area contributed by atoms with Crippen molar-refractivity contribution in [3.63, 3.8) is 0 Å². The molecule has 0 saturated heterocycles. The third kappa shape index (κ3) is 3.31. The molecule has 1 atom stereocenters. The Labute approximate surface area is 120 Å². The first kappa shape index (κ1) is 14.4. The van der Waals surface area contributed by atoms with Crippen LogP contribution in [0.2, 0.25) is 0 Å². The van der Waals surface area contributed by atoms with Crippen LogP contribution in [0.1, 0.15) is 24.1 Å². The molecule has 0 saturated carbocycles. The van der Waals surface area contributed by atoms with E-state index in [1.165, 1.54) is 11.1 Å². The minimum Gasteiger partial charge on any atom is -0.495 e. The van der Waals surface area contributed by atoms with Gasteiger partial charge >= 0.3 is 0 Å². The number of aryl methyl sites for hydroxylation is 1. The van der Waals surface area contributed by atoms with Crippen LogP contribution in [-0.4, -0.2) is 13.7 Å². The van der Waals surface area contributed by atoms with Crippen molar-refractivity contribution >= 4 is 5.69 Å². The fraction of sp³-hybridized carbons (Fsp3) is 0.294. The van der Waals surface area contributed by atoms with E-state index in [2.05, 4.69) is 36.5 Å². The van der Waals surface area contributed by atoms with Gasteiger partial charge in [-0.25, -0.2) is 0 Å². The summed E-state index contributed by atoms with van der Waals surface area (Å²) >= 11 is 0. The van der Waals surface area contributed by atoms with Crippen molar-refractivity contribution in [2.45, 2.75) is 19.4 Å². The molecule has 3 heteroatoms. The van der Waals surface area contributed by atoms with E-state index in [0.717, 1.165) is 17.9 Å². The lowest BCUT2D eigenvalue weighted by molar-refractivity contribution is 0.416. The predicted molar refractivity (Wildman–Crippen MR) is 84.2 cm³/mol. The maximum absolute atomic E-state index is 5.91. The largest absolute Gasteiger partial charge is 0.495 e. The summed E-state index contributed by atoms with van der Waals surface area (Å²) < 4.78 is 5.36. The van der Waals surface area contributed by atoms with Gasteiger partial charge in [-0.15, -0.1) is 0 Å². The maximum atomic E-state index is 5.91. The number of para-hydroxylation sites is 2. The highest BCUT2D eigenvalue weighted by Gasteiger charge is 2.11. The van der Waals surface area contributed by atoms with Crippen molar-refractivity contribution in [3.05, 3.63) is 59.7 Å². The van der Waals surface area contributed by atoms with Gasteiger partial charge in [-0.3, -0.25) is 0 Å². The molecule has 2 aromatic carbocycles. The number of nitrogens with one attached hydrogen (secondary N) is 1. The molecule has 0 fully saturated rings. The van der Waals surface area contributed by atoms with Crippen LogP contribution < -0.4 is 15.8 Å². The summed E-state index contributed by atoms with van der Waals surface area (Å²) in [6, 6.07) is 16.5. The number of anilines is 1. The first-order chi connectivity index (χ1) is 9.78. The molecule has 2 rings (SSSR count). The minimum atomic E-state index is 0.0807. The zero-order valence-corrected chi connectivity index (χ0v) is 12.1. The third-order valence-corrected chi connectivity index (χ3v) is 3.46. The summed E-state index contributed by atoms with van der Waals surface area (Å²) in [5.41, 5.74) is 9.40. The highest BCUT2D eigenvalue weighted by atomic mass is 16.5. The Balaban J connectivity index is 2.19.